The number of nitrogens with zero attached hydrogens (tertiary/aromatic N) is 1. The second kappa shape index (κ2) is 6.35. The fourth-order valence-electron chi connectivity index (χ4n) is 2.03. The molecule has 2 heterocycles. The summed E-state index contributed by atoms with van der Waals surface area (Å²) in [4.78, 5) is 15.6. The highest BCUT2D eigenvalue weighted by molar-refractivity contribution is 5.91. The number of piperidine rings is 1. The lowest BCUT2D eigenvalue weighted by atomic mass is 10.0. The largest absolute Gasteiger partial charge is 0.477 e. The van der Waals surface area contributed by atoms with Gasteiger partial charge in [-0.05, 0) is 31.5 Å². The van der Waals surface area contributed by atoms with Crippen molar-refractivity contribution in [3.05, 3.63) is 23.9 Å². The van der Waals surface area contributed by atoms with Gasteiger partial charge in [0.15, 0.2) is 0 Å². The molecule has 1 saturated heterocycles. The van der Waals surface area contributed by atoms with Crippen LogP contribution in [0.2, 0.25) is 0 Å². The Hall–Kier alpha value is -1.62. The molecule has 0 saturated carbocycles. The van der Waals surface area contributed by atoms with Crippen LogP contribution in [0.4, 0.5) is 0 Å². The Morgan fingerprint density at radius 1 is 1.61 bits per heavy atom. The first kappa shape index (κ1) is 12.8. The molecule has 5 nitrogen and oxygen atoms in total. The van der Waals surface area contributed by atoms with Crippen molar-refractivity contribution >= 4 is 5.97 Å². The summed E-state index contributed by atoms with van der Waals surface area (Å²) in [5, 5.41) is 3.33. The smallest absolute Gasteiger partial charge is 0.343 e. The lowest BCUT2D eigenvalue weighted by molar-refractivity contribution is 0.0593. The SMILES string of the molecule is COC(=O)c1cccnc1OCC1CCCNC1. The van der Waals surface area contributed by atoms with Crippen LogP contribution in [-0.2, 0) is 4.74 Å². The van der Waals surface area contributed by atoms with Gasteiger partial charge < -0.3 is 14.8 Å². The van der Waals surface area contributed by atoms with Crippen molar-refractivity contribution in [3.63, 3.8) is 0 Å². The zero-order valence-electron chi connectivity index (χ0n) is 10.5. The first-order valence-corrected chi connectivity index (χ1v) is 6.18. The summed E-state index contributed by atoms with van der Waals surface area (Å²) in [5.41, 5.74) is 0.378. The number of pyridine rings is 1. The average Bonchev–Trinajstić information content (AvgIpc) is 2.45. The van der Waals surface area contributed by atoms with Crippen LogP contribution in [-0.4, -0.2) is 37.8 Å². The number of methoxy groups -OCH3 is 1. The fraction of sp³-hybridized carbons (Fsp3) is 0.538. The Labute approximate surface area is 107 Å². The number of esters is 1. The number of rotatable bonds is 4. The molecule has 1 aliphatic rings. The molecule has 1 aliphatic heterocycles. The Balaban J connectivity index is 1.97. The van der Waals surface area contributed by atoms with Crippen molar-refractivity contribution in [3.8, 4) is 5.88 Å². The van der Waals surface area contributed by atoms with Gasteiger partial charge in [-0.15, -0.1) is 0 Å². The molecule has 0 amide bonds. The van der Waals surface area contributed by atoms with Gasteiger partial charge in [0.25, 0.3) is 0 Å². The van der Waals surface area contributed by atoms with Gasteiger partial charge in [0, 0.05) is 18.7 Å². The maximum Gasteiger partial charge on any atom is 0.343 e. The quantitative estimate of drug-likeness (QED) is 0.815. The van der Waals surface area contributed by atoms with Gasteiger partial charge >= 0.3 is 5.97 Å². The summed E-state index contributed by atoms with van der Waals surface area (Å²) in [5.74, 6) is 0.418. The summed E-state index contributed by atoms with van der Waals surface area (Å²) in [6, 6.07) is 3.36. The molecule has 1 unspecified atom stereocenters. The Bertz CT molecular complexity index is 403. The lowest BCUT2D eigenvalue weighted by Crippen LogP contribution is -2.33. The van der Waals surface area contributed by atoms with Crippen molar-refractivity contribution in [1.29, 1.82) is 0 Å². The minimum Gasteiger partial charge on any atom is -0.477 e. The first-order chi connectivity index (χ1) is 8.81. The summed E-state index contributed by atoms with van der Waals surface area (Å²) in [6.45, 7) is 2.61. The predicted molar refractivity (Wildman–Crippen MR) is 66.7 cm³/mol. The summed E-state index contributed by atoms with van der Waals surface area (Å²) in [7, 11) is 1.35. The monoisotopic (exact) mass is 250 g/mol. The van der Waals surface area contributed by atoms with E-state index >= 15 is 0 Å². The molecule has 5 heteroatoms. The van der Waals surface area contributed by atoms with E-state index in [1.165, 1.54) is 13.5 Å². The van der Waals surface area contributed by atoms with Crippen molar-refractivity contribution < 1.29 is 14.3 Å². The van der Waals surface area contributed by atoms with Gasteiger partial charge in [0.2, 0.25) is 5.88 Å². The Morgan fingerprint density at radius 3 is 3.22 bits per heavy atom. The zero-order valence-corrected chi connectivity index (χ0v) is 10.5. The highest BCUT2D eigenvalue weighted by atomic mass is 16.5. The number of aromatic nitrogens is 1. The molecular formula is C13H18N2O3. The molecule has 1 aromatic heterocycles. The van der Waals surface area contributed by atoms with Gasteiger partial charge in [-0.3, -0.25) is 0 Å². The van der Waals surface area contributed by atoms with Crippen LogP contribution in [0, 0.1) is 5.92 Å². The molecule has 1 aromatic rings. The minimum atomic E-state index is -0.417. The summed E-state index contributed by atoms with van der Waals surface area (Å²) in [6.07, 6.45) is 3.92. The standard InChI is InChI=1S/C13H18N2O3/c1-17-13(16)11-5-3-7-15-12(11)18-9-10-4-2-6-14-8-10/h3,5,7,10,14H,2,4,6,8-9H2,1H3. The third-order valence-electron chi connectivity index (χ3n) is 3.03. The van der Waals surface area contributed by atoms with Crippen molar-refractivity contribution in [2.24, 2.45) is 5.92 Å². The Morgan fingerprint density at radius 2 is 2.50 bits per heavy atom. The van der Waals surface area contributed by atoms with E-state index in [4.69, 9.17) is 9.47 Å². The number of ether oxygens (including phenoxy) is 2. The van der Waals surface area contributed by atoms with Gasteiger partial charge in [-0.25, -0.2) is 9.78 Å². The highest BCUT2D eigenvalue weighted by Crippen LogP contribution is 2.18. The maximum atomic E-state index is 11.5. The van der Waals surface area contributed by atoms with E-state index in [-0.39, 0.29) is 0 Å². The lowest BCUT2D eigenvalue weighted by Gasteiger charge is -2.22. The second-order valence-corrected chi connectivity index (χ2v) is 4.37. The first-order valence-electron chi connectivity index (χ1n) is 6.18. The third-order valence-corrected chi connectivity index (χ3v) is 3.03. The topological polar surface area (TPSA) is 60.5 Å². The number of carbonyl (C=O) groups is 1. The van der Waals surface area contributed by atoms with Crippen LogP contribution < -0.4 is 10.1 Å². The van der Waals surface area contributed by atoms with Crippen molar-refractivity contribution in [2.45, 2.75) is 12.8 Å². The van der Waals surface area contributed by atoms with E-state index in [9.17, 15) is 4.79 Å². The highest BCUT2D eigenvalue weighted by Gasteiger charge is 2.17. The second-order valence-electron chi connectivity index (χ2n) is 4.37. The molecular weight excluding hydrogens is 232 g/mol. The molecule has 98 valence electrons. The Kier molecular flexibility index (Phi) is 4.52. The molecule has 0 spiro atoms. The molecule has 0 bridgehead atoms. The van der Waals surface area contributed by atoms with E-state index < -0.39 is 5.97 Å². The minimum absolute atomic E-state index is 0.356. The van der Waals surface area contributed by atoms with Crippen molar-refractivity contribution in [2.75, 3.05) is 26.8 Å². The van der Waals surface area contributed by atoms with Crippen LogP contribution >= 0.6 is 0 Å². The van der Waals surface area contributed by atoms with Crippen LogP contribution in [0.25, 0.3) is 0 Å². The van der Waals surface area contributed by atoms with Crippen LogP contribution in [0.5, 0.6) is 5.88 Å². The molecule has 0 aromatic carbocycles. The average molecular weight is 250 g/mol. The van der Waals surface area contributed by atoms with E-state index in [0.29, 0.717) is 24.0 Å². The van der Waals surface area contributed by atoms with Crippen LogP contribution in [0.1, 0.15) is 23.2 Å². The molecule has 1 atom stereocenters. The van der Waals surface area contributed by atoms with E-state index in [1.807, 2.05) is 0 Å². The van der Waals surface area contributed by atoms with E-state index in [2.05, 4.69) is 10.3 Å². The normalized spacial score (nSPS) is 19.3. The van der Waals surface area contributed by atoms with Crippen molar-refractivity contribution in [1.82, 2.24) is 10.3 Å². The molecule has 1 fully saturated rings. The summed E-state index contributed by atoms with van der Waals surface area (Å²) < 4.78 is 10.3. The zero-order chi connectivity index (χ0) is 12.8. The van der Waals surface area contributed by atoms with Gasteiger partial charge in [-0.1, -0.05) is 0 Å². The number of nitrogens with one attached hydrogen (secondary N) is 1. The number of carbonyl (C=O) groups excluding carboxylic acids is 1. The molecule has 2 rings (SSSR count). The third kappa shape index (κ3) is 3.20. The number of hydrogen-bond donors (Lipinski definition) is 1. The molecule has 18 heavy (non-hydrogen) atoms. The van der Waals surface area contributed by atoms with E-state index in [1.54, 1.807) is 18.3 Å². The molecule has 0 radical (unpaired) electrons. The summed E-state index contributed by atoms with van der Waals surface area (Å²) >= 11 is 0. The van der Waals surface area contributed by atoms with Crippen LogP contribution in [0.3, 0.4) is 0 Å². The predicted octanol–water partition coefficient (Wildman–Crippen LogP) is 1.25. The van der Waals surface area contributed by atoms with Gasteiger partial charge in [0.1, 0.15) is 5.56 Å². The van der Waals surface area contributed by atoms with Gasteiger partial charge in [-0.2, -0.15) is 0 Å². The fourth-order valence-corrected chi connectivity index (χ4v) is 2.03. The maximum absolute atomic E-state index is 11.5. The molecule has 1 N–H and O–H groups in total. The van der Waals surface area contributed by atoms with Crippen LogP contribution in [0.15, 0.2) is 18.3 Å². The number of hydrogen-bond acceptors (Lipinski definition) is 5. The molecule has 0 aliphatic carbocycles. The van der Waals surface area contributed by atoms with Gasteiger partial charge in [0.05, 0.1) is 13.7 Å². The van der Waals surface area contributed by atoms with E-state index in [0.717, 1.165) is 19.5 Å².